The van der Waals surface area contributed by atoms with Crippen LogP contribution in [0, 0.1) is 6.92 Å². The second-order valence-corrected chi connectivity index (χ2v) is 5.44. The van der Waals surface area contributed by atoms with E-state index >= 15 is 0 Å². The highest BCUT2D eigenvalue weighted by atomic mass is 32.2. The number of nitrogens with one attached hydrogen (secondary N) is 1. The highest BCUT2D eigenvalue weighted by Crippen LogP contribution is 2.18. The number of aromatic nitrogens is 3. The molecule has 1 aromatic heterocycles. The second-order valence-electron chi connectivity index (χ2n) is 4.49. The largest absolute Gasteiger partial charge is 0.497 e. The summed E-state index contributed by atoms with van der Waals surface area (Å²) in [6.45, 7) is 6.21. The van der Waals surface area contributed by atoms with Crippen LogP contribution in [0.5, 0.6) is 5.75 Å². The predicted octanol–water partition coefficient (Wildman–Crippen LogP) is 2.51. The number of amides is 1. The third kappa shape index (κ3) is 4.11. The molecule has 0 aliphatic rings. The summed E-state index contributed by atoms with van der Waals surface area (Å²) in [6.07, 6.45) is 1.78. The summed E-state index contributed by atoms with van der Waals surface area (Å²) in [6, 6.07) is 7.19. The second kappa shape index (κ2) is 7.65. The van der Waals surface area contributed by atoms with Gasteiger partial charge in [0, 0.05) is 12.2 Å². The molecule has 0 unspecified atom stereocenters. The van der Waals surface area contributed by atoms with Gasteiger partial charge in [0.15, 0.2) is 5.16 Å². The Labute approximate surface area is 133 Å². The zero-order chi connectivity index (χ0) is 15.9. The van der Waals surface area contributed by atoms with Gasteiger partial charge in [-0.3, -0.25) is 4.79 Å². The van der Waals surface area contributed by atoms with Gasteiger partial charge in [-0.25, -0.2) is 0 Å². The number of hydrogen-bond acceptors (Lipinski definition) is 5. The average molecular weight is 318 g/mol. The van der Waals surface area contributed by atoms with Crippen molar-refractivity contribution in [2.45, 2.75) is 18.6 Å². The Hall–Kier alpha value is -2.28. The minimum absolute atomic E-state index is 0.0963. The van der Waals surface area contributed by atoms with E-state index in [4.69, 9.17) is 4.74 Å². The van der Waals surface area contributed by atoms with Crippen molar-refractivity contribution in [3.63, 3.8) is 0 Å². The van der Waals surface area contributed by atoms with Gasteiger partial charge in [0.1, 0.15) is 11.6 Å². The van der Waals surface area contributed by atoms with Gasteiger partial charge in [0.2, 0.25) is 5.91 Å². The standard InChI is InChI=1S/C15H18N4O2S/c1-4-9-19-11(2)17-18-15(19)22-10-14(20)16-12-5-7-13(21-3)8-6-12/h4-8H,1,9-10H2,2-3H3,(H,16,20). The van der Waals surface area contributed by atoms with E-state index < -0.39 is 0 Å². The van der Waals surface area contributed by atoms with E-state index in [1.165, 1.54) is 11.8 Å². The van der Waals surface area contributed by atoms with Gasteiger partial charge < -0.3 is 14.6 Å². The van der Waals surface area contributed by atoms with Crippen molar-refractivity contribution in [3.05, 3.63) is 42.7 Å². The number of allylic oxidation sites excluding steroid dienone is 1. The zero-order valence-electron chi connectivity index (χ0n) is 12.6. The maximum absolute atomic E-state index is 12.0. The molecule has 0 atom stereocenters. The van der Waals surface area contributed by atoms with Crippen molar-refractivity contribution in [1.29, 1.82) is 0 Å². The maximum Gasteiger partial charge on any atom is 0.234 e. The summed E-state index contributed by atoms with van der Waals surface area (Å²) >= 11 is 1.35. The molecule has 0 radical (unpaired) electrons. The third-order valence-electron chi connectivity index (χ3n) is 2.92. The lowest BCUT2D eigenvalue weighted by molar-refractivity contribution is -0.113. The van der Waals surface area contributed by atoms with E-state index in [1.54, 1.807) is 37.5 Å². The normalized spacial score (nSPS) is 10.3. The summed E-state index contributed by atoms with van der Waals surface area (Å²) in [7, 11) is 1.60. The van der Waals surface area contributed by atoms with Gasteiger partial charge in [-0.15, -0.1) is 16.8 Å². The molecule has 0 fully saturated rings. The van der Waals surface area contributed by atoms with Crippen LogP contribution in [0.3, 0.4) is 0 Å². The quantitative estimate of drug-likeness (QED) is 0.627. The first-order valence-corrected chi connectivity index (χ1v) is 7.70. The topological polar surface area (TPSA) is 69.0 Å². The number of rotatable bonds is 7. The number of ether oxygens (including phenoxy) is 1. The fraction of sp³-hybridized carbons (Fsp3) is 0.267. The highest BCUT2D eigenvalue weighted by Gasteiger charge is 2.11. The zero-order valence-corrected chi connectivity index (χ0v) is 13.4. The minimum Gasteiger partial charge on any atom is -0.497 e. The molecule has 0 aliphatic carbocycles. The fourth-order valence-electron chi connectivity index (χ4n) is 1.81. The SMILES string of the molecule is C=CCn1c(C)nnc1SCC(=O)Nc1ccc(OC)cc1. The molecule has 0 spiro atoms. The van der Waals surface area contributed by atoms with Crippen LogP contribution in [0.4, 0.5) is 5.69 Å². The Bertz CT molecular complexity index is 652. The van der Waals surface area contributed by atoms with E-state index in [1.807, 2.05) is 11.5 Å². The first kappa shape index (κ1) is 16.1. The molecule has 22 heavy (non-hydrogen) atoms. The van der Waals surface area contributed by atoms with Crippen LogP contribution in [0.15, 0.2) is 42.1 Å². The van der Waals surface area contributed by atoms with Crippen molar-refractivity contribution < 1.29 is 9.53 Å². The third-order valence-corrected chi connectivity index (χ3v) is 3.89. The van der Waals surface area contributed by atoms with Crippen molar-refractivity contribution in [1.82, 2.24) is 14.8 Å². The Kier molecular flexibility index (Phi) is 5.60. The molecule has 1 heterocycles. The van der Waals surface area contributed by atoms with E-state index in [0.29, 0.717) is 11.7 Å². The molecule has 1 amide bonds. The van der Waals surface area contributed by atoms with Crippen molar-refractivity contribution in [2.75, 3.05) is 18.2 Å². The maximum atomic E-state index is 12.0. The fourth-order valence-corrected chi connectivity index (χ4v) is 2.60. The number of aryl methyl sites for hydroxylation is 1. The summed E-state index contributed by atoms with van der Waals surface area (Å²) < 4.78 is 6.99. The smallest absolute Gasteiger partial charge is 0.234 e. The predicted molar refractivity (Wildman–Crippen MR) is 87.3 cm³/mol. The average Bonchev–Trinajstić information content (AvgIpc) is 2.87. The van der Waals surface area contributed by atoms with Crippen LogP contribution in [-0.4, -0.2) is 33.5 Å². The Balaban J connectivity index is 1.91. The van der Waals surface area contributed by atoms with Crippen LogP contribution < -0.4 is 10.1 Å². The van der Waals surface area contributed by atoms with Crippen LogP contribution in [0.25, 0.3) is 0 Å². The van der Waals surface area contributed by atoms with Crippen LogP contribution in [0.2, 0.25) is 0 Å². The summed E-state index contributed by atoms with van der Waals surface area (Å²) in [5.74, 6) is 1.72. The number of anilines is 1. The van der Waals surface area contributed by atoms with Crippen LogP contribution in [-0.2, 0) is 11.3 Å². The molecule has 2 aromatic rings. The van der Waals surface area contributed by atoms with Crippen molar-refractivity contribution in [3.8, 4) is 5.75 Å². The number of methoxy groups -OCH3 is 1. The molecule has 0 saturated heterocycles. The van der Waals surface area contributed by atoms with E-state index in [9.17, 15) is 4.79 Å². The molecule has 1 aromatic carbocycles. The highest BCUT2D eigenvalue weighted by molar-refractivity contribution is 7.99. The van der Waals surface area contributed by atoms with Gasteiger partial charge in [-0.05, 0) is 31.2 Å². The number of hydrogen-bond donors (Lipinski definition) is 1. The van der Waals surface area contributed by atoms with E-state index in [2.05, 4.69) is 22.1 Å². The number of thioether (sulfide) groups is 1. The monoisotopic (exact) mass is 318 g/mol. The molecular formula is C15H18N4O2S. The molecule has 6 nitrogen and oxygen atoms in total. The van der Waals surface area contributed by atoms with Crippen molar-refractivity contribution >= 4 is 23.4 Å². The number of carbonyl (C=O) groups is 1. The molecule has 116 valence electrons. The van der Waals surface area contributed by atoms with Crippen LogP contribution in [0.1, 0.15) is 5.82 Å². The van der Waals surface area contributed by atoms with Gasteiger partial charge in [0.05, 0.1) is 12.9 Å². The number of benzene rings is 1. The lowest BCUT2D eigenvalue weighted by Gasteiger charge is -2.07. The molecule has 0 aliphatic heterocycles. The Morgan fingerprint density at radius 1 is 1.41 bits per heavy atom. The summed E-state index contributed by atoms with van der Waals surface area (Å²) in [5.41, 5.74) is 0.732. The number of nitrogens with zero attached hydrogens (tertiary/aromatic N) is 3. The van der Waals surface area contributed by atoms with Gasteiger partial charge in [0.25, 0.3) is 0 Å². The Morgan fingerprint density at radius 2 is 2.14 bits per heavy atom. The first-order valence-electron chi connectivity index (χ1n) is 6.71. The lowest BCUT2D eigenvalue weighted by Crippen LogP contribution is -2.14. The molecule has 0 bridgehead atoms. The van der Waals surface area contributed by atoms with Crippen LogP contribution >= 0.6 is 11.8 Å². The number of carbonyl (C=O) groups excluding carboxylic acids is 1. The molecule has 0 saturated carbocycles. The van der Waals surface area contributed by atoms with Gasteiger partial charge in [-0.2, -0.15) is 0 Å². The Morgan fingerprint density at radius 3 is 2.77 bits per heavy atom. The molecule has 7 heteroatoms. The van der Waals surface area contributed by atoms with E-state index in [-0.39, 0.29) is 11.7 Å². The van der Waals surface area contributed by atoms with Gasteiger partial charge in [-0.1, -0.05) is 17.8 Å². The lowest BCUT2D eigenvalue weighted by atomic mass is 10.3. The first-order chi connectivity index (χ1) is 10.6. The molecule has 1 N–H and O–H groups in total. The molecule has 2 rings (SSSR count). The van der Waals surface area contributed by atoms with Gasteiger partial charge >= 0.3 is 0 Å². The summed E-state index contributed by atoms with van der Waals surface area (Å²) in [5, 5.41) is 11.6. The van der Waals surface area contributed by atoms with E-state index in [0.717, 1.165) is 17.3 Å². The molecular weight excluding hydrogens is 300 g/mol. The van der Waals surface area contributed by atoms with Crippen molar-refractivity contribution in [2.24, 2.45) is 0 Å². The minimum atomic E-state index is -0.0963. The summed E-state index contributed by atoms with van der Waals surface area (Å²) in [4.78, 5) is 12.0.